The van der Waals surface area contributed by atoms with Crippen LogP contribution in [-0.4, -0.2) is 50.2 Å². The van der Waals surface area contributed by atoms with Crippen molar-refractivity contribution in [3.8, 4) is 22.9 Å². The Hall–Kier alpha value is -3.30. The third-order valence-electron chi connectivity index (χ3n) is 5.32. The van der Waals surface area contributed by atoms with E-state index in [2.05, 4.69) is 42.4 Å². The lowest BCUT2D eigenvalue weighted by Crippen LogP contribution is -2.35. The van der Waals surface area contributed by atoms with Gasteiger partial charge in [0, 0.05) is 42.5 Å². The van der Waals surface area contributed by atoms with Crippen LogP contribution in [0.2, 0.25) is 0 Å². The van der Waals surface area contributed by atoms with Crippen molar-refractivity contribution in [2.75, 3.05) is 19.0 Å². The number of hydrogen-bond acceptors (Lipinski definition) is 7. The highest BCUT2D eigenvalue weighted by Gasteiger charge is 2.17. The van der Waals surface area contributed by atoms with Crippen LogP contribution in [0, 0.1) is 13.8 Å². The maximum atomic E-state index is 11.6. The van der Waals surface area contributed by atoms with E-state index in [9.17, 15) is 4.79 Å². The fourth-order valence-corrected chi connectivity index (χ4v) is 3.92. The molecule has 10 heteroatoms. The second kappa shape index (κ2) is 11.4. The molecule has 180 valence electrons. The highest BCUT2D eigenvalue weighted by atomic mass is 79.9. The smallest absolute Gasteiger partial charge is 0.247 e. The molecule has 1 amide bonds. The van der Waals surface area contributed by atoms with Crippen LogP contribution in [0.4, 0.5) is 0 Å². The Bertz CT molecular complexity index is 1320. The van der Waals surface area contributed by atoms with Crippen LogP contribution in [0.15, 0.2) is 67.9 Å². The number of aromatic nitrogens is 4. The lowest BCUT2D eigenvalue weighted by atomic mass is 9.98. The normalized spacial score (nSPS) is 13.1. The zero-order valence-corrected chi connectivity index (χ0v) is 21.6. The van der Waals surface area contributed by atoms with Crippen LogP contribution in [0.1, 0.15) is 23.8 Å². The molecule has 4 aromatic rings. The molecule has 8 nitrogen and oxygen atoms in total. The highest BCUT2D eigenvalue weighted by molar-refractivity contribution is 9.10. The summed E-state index contributed by atoms with van der Waals surface area (Å²) in [6.45, 7) is 4.87. The summed E-state index contributed by atoms with van der Waals surface area (Å²) in [5.74, 6) is 2.25. The lowest BCUT2D eigenvalue weighted by Gasteiger charge is -2.26. The van der Waals surface area contributed by atoms with Gasteiger partial charge in [-0.1, -0.05) is 34.1 Å². The summed E-state index contributed by atoms with van der Waals surface area (Å²) in [6, 6.07) is 15.8. The Morgan fingerprint density at radius 3 is 1.83 bits per heavy atom. The SMILES string of the molecule is Cc1nnc(-c2ccc(Br)cc2)o1.Cc1nnc(-c2ccc(C3=CCN(C(=O)CCl)CC3)cc2)o1. The van der Waals surface area contributed by atoms with Crippen molar-refractivity contribution in [2.24, 2.45) is 0 Å². The second-order valence-corrected chi connectivity index (χ2v) is 8.97. The molecule has 0 saturated heterocycles. The second-order valence-electron chi connectivity index (χ2n) is 7.79. The summed E-state index contributed by atoms with van der Waals surface area (Å²) in [7, 11) is 0. The molecule has 1 aliphatic rings. The van der Waals surface area contributed by atoms with E-state index in [-0.39, 0.29) is 11.8 Å². The monoisotopic (exact) mass is 555 g/mol. The maximum absolute atomic E-state index is 11.6. The number of amides is 1. The third-order valence-corrected chi connectivity index (χ3v) is 6.08. The number of benzene rings is 2. The molecule has 0 fully saturated rings. The van der Waals surface area contributed by atoms with Crippen molar-refractivity contribution in [3.63, 3.8) is 0 Å². The molecule has 0 saturated carbocycles. The molecular weight excluding hydrogens is 534 g/mol. The van der Waals surface area contributed by atoms with E-state index in [0.29, 0.717) is 36.7 Å². The summed E-state index contributed by atoms with van der Waals surface area (Å²) in [5, 5.41) is 15.5. The Kier molecular flexibility index (Phi) is 8.09. The van der Waals surface area contributed by atoms with Crippen molar-refractivity contribution in [2.45, 2.75) is 20.3 Å². The first-order chi connectivity index (χ1) is 16.9. The van der Waals surface area contributed by atoms with Crippen molar-refractivity contribution in [3.05, 3.63) is 76.4 Å². The molecule has 35 heavy (non-hydrogen) atoms. The summed E-state index contributed by atoms with van der Waals surface area (Å²) in [5.41, 5.74) is 4.23. The van der Waals surface area contributed by atoms with Crippen LogP contribution in [0.25, 0.3) is 28.5 Å². The topological polar surface area (TPSA) is 98.1 Å². The average Bonchev–Trinajstić information content (AvgIpc) is 3.53. The van der Waals surface area contributed by atoms with Crippen molar-refractivity contribution >= 4 is 39.0 Å². The summed E-state index contributed by atoms with van der Waals surface area (Å²) in [4.78, 5) is 13.3. The van der Waals surface area contributed by atoms with E-state index in [1.165, 1.54) is 5.57 Å². The number of carbonyl (C=O) groups is 1. The quantitative estimate of drug-likeness (QED) is 0.297. The molecule has 0 bridgehead atoms. The van der Waals surface area contributed by atoms with Gasteiger partial charge < -0.3 is 13.7 Å². The van der Waals surface area contributed by atoms with Gasteiger partial charge in [0.15, 0.2) is 0 Å². The maximum Gasteiger partial charge on any atom is 0.247 e. The van der Waals surface area contributed by atoms with Gasteiger partial charge in [0.1, 0.15) is 5.88 Å². The first kappa shape index (κ1) is 24.8. The predicted octanol–water partition coefficient (Wildman–Crippen LogP) is 5.71. The van der Waals surface area contributed by atoms with E-state index in [1.807, 2.05) is 48.5 Å². The van der Waals surface area contributed by atoms with Crippen molar-refractivity contribution in [1.82, 2.24) is 25.3 Å². The van der Waals surface area contributed by atoms with Crippen LogP contribution < -0.4 is 0 Å². The Morgan fingerprint density at radius 2 is 1.40 bits per heavy atom. The van der Waals surface area contributed by atoms with E-state index < -0.39 is 0 Å². The molecule has 0 atom stereocenters. The number of nitrogens with zero attached hydrogens (tertiary/aromatic N) is 5. The predicted molar refractivity (Wildman–Crippen MR) is 137 cm³/mol. The standard InChI is InChI=1S/C16H16ClN3O2.C9H7BrN2O/c1-11-18-19-16(22-11)14-4-2-12(3-5-14)13-6-8-20(9-7-13)15(21)10-17;1-6-11-12-9(13-6)7-2-4-8(10)5-3-7/h2-6H,7-10H2,1H3;2-5H,1H3. The number of carbonyl (C=O) groups excluding carboxylic acids is 1. The molecule has 5 rings (SSSR count). The average molecular weight is 557 g/mol. The van der Waals surface area contributed by atoms with Gasteiger partial charge in [-0.05, 0) is 54.0 Å². The molecule has 0 aliphatic carbocycles. The van der Waals surface area contributed by atoms with Gasteiger partial charge in [-0.25, -0.2) is 0 Å². The van der Waals surface area contributed by atoms with Gasteiger partial charge in [0.2, 0.25) is 29.5 Å². The molecule has 2 aromatic carbocycles. The Labute approximate surface area is 216 Å². The molecule has 3 heterocycles. The first-order valence-corrected chi connectivity index (χ1v) is 12.3. The third kappa shape index (κ3) is 6.43. The van der Waals surface area contributed by atoms with Gasteiger partial charge in [-0.2, -0.15) is 0 Å². The van der Waals surface area contributed by atoms with Gasteiger partial charge in [0.25, 0.3) is 0 Å². The van der Waals surface area contributed by atoms with Crippen molar-refractivity contribution < 1.29 is 13.6 Å². The van der Waals surface area contributed by atoms with E-state index in [1.54, 1.807) is 18.7 Å². The van der Waals surface area contributed by atoms with Gasteiger partial charge in [0.05, 0.1) is 0 Å². The summed E-state index contributed by atoms with van der Waals surface area (Å²) in [6.07, 6.45) is 2.92. The molecule has 0 radical (unpaired) electrons. The number of aryl methyl sites for hydroxylation is 2. The Morgan fingerprint density at radius 1 is 0.886 bits per heavy atom. The van der Waals surface area contributed by atoms with Gasteiger partial charge in [-0.15, -0.1) is 32.0 Å². The molecule has 1 aliphatic heterocycles. The van der Waals surface area contributed by atoms with E-state index in [4.69, 9.17) is 20.4 Å². The number of hydrogen-bond donors (Lipinski definition) is 0. The lowest BCUT2D eigenvalue weighted by molar-refractivity contribution is -0.128. The largest absolute Gasteiger partial charge is 0.421 e. The summed E-state index contributed by atoms with van der Waals surface area (Å²) < 4.78 is 11.7. The molecular formula is C25H23BrClN5O3. The van der Waals surface area contributed by atoms with Gasteiger partial charge >= 0.3 is 0 Å². The molecule has 0 N–H and O–H groups in total. The van der Waals surface area contributed by atoms with Crippen molar-refractivity contribution in [1.29, 1.82) is 0 Å². The zero-order chi connectivity index (χ0) is 24.8. The molecule has 2 aromatic heterocycles. The van der Waals surface area contributed by atoms with E-state index in [0.717, 1.165) is 27.6 Å². The Balaban J connectivity index is 0.000000189. The van der Waals surface area contributed by atoms with Crippen LogP contribution in [-0.2, 0) is 4.79 Å². The minimum Gasteiger partial charge on any atom is -0.421 e. The number of rotatable bonds is 4. The highest BCUT2D eigenvalue weighted by Crippen LogP contribution is 2.25. The van der Waals surface area contributed by atoms with Crippen LogP contribution in [0.5, 0.6) is 0 Å². The minimum atomic E-state index is -0.0147. The fraction of sp³-hybridized carbons (Fsp3) is 0.240. The number of halogens is 2. The molecule has 0 unspecified atom stereocenters. The van der Waals surface area contributed by atoms with Crippen LogP contribution >= 0.6 is 27.5 Å². The first-order valence-electron chi connectivity index (χ1n) is 10.9. The van der Waals surface area contributed by atoms with E-state index >= 15 is 0 Å². The summed E-state index contributed by atoms with van der Waals surface area (Å²) >= 11 is 8.94. The number of alkyl halides is 1. The minimum absolute atomic E-state index is 0.0147. The van der Waals surface area contributed by atoms with Gasteiger partial charge in [-0.3, -0.25) is 4.79 Å². The molecule has 0 spiro atoms. The zero-order valence-electron chi connectivity index (χ0n) is 19.2. The fourth-order valence-electron chi connectivity index (χ4n) is 3.49. The van der Waals surface area contributed by atoms with Crippen LogP contribution in [0.3, 0.4) is 0 Å².